The number of benzene rings is 5. The molecule has 252 valence electrons. The molecule has 0 radical (unpaired) electrons. The van der Waals surface area contributed by atoms with Crippen LogP contribution < -0.4 is 13.8 Å². The van der Waals surface area contributed by atoms with Crippen molar-refractivity contribution in [2.75, 3.05) is 23.2 Å². The van der Waals surface area contributed by atoms with E-state index in [1.54, 1.807) is 54.6 Å². The first kappa shape index (κ1) is 34.3. The first-order valence-electron chi connectivity index (χ1n) is 14.8. The number of nitrogens with one attached hydrogen (secondary N) is 1. The summed E-state index contributed by atoms with van der Waals surface area (Å²) < 4.78 is 79.9. The van der Waals surface area contributed by atoms with Gasteiger partial charge in [0.1, 0.15) is 16.5 Å². The van der Waals surface area contributed by atoms with Crippen molar-refractivity contribution in [1.82, 2.24) is 4.57 Å². The number of fused-ring (bicyclic) bond motifs is 1. The van der Waals surface area contributed by atoms with E-state index in [-0.39, 0.29) is 20.5 Å². The SMILES string of the molecule is COc1ccc(NS(=O)(=O)c2cccc(-c3ccc(F)cc3)c2)cc1-c1cc(N(C)S(=O)(=O)c2ccc(Cl)cc2Cl)cc2c(C)cn(C)c12. The Labute approximate surface area is 294 Å². The summed E-state index contributed by atoms with van der Waals surface area (Å²) in [7, 11) is -3.39. The Morgan fingerprint density at radius 3 is 2.27 bits per heavy atom. The second kappa shape index (κ2) is 13.1. The third-order valence-corrected chi connectivity index (χ3v) is 12.1. The molecule has 0 saturated heterocycles. The molecule has 1 N–H and O–H groups in total. The number of aryl methyl sites for hydroxylation is 2. The van der Waals surface area contributed by atoms with E-state index in [2.05, 4.69) is 4.72 Å². The zero-order valence-electron chi connectivity index (χ0n) is 26.7. The summed E-state index contributed by atoms with van der Waals surface area (Å²) in [6.07, 6.45) is 1.93. The van der Waals surface area contributed by atoms with Gasteiger partial charge in [-0.2, -0.15) is 0 Å². The summed E-state index contributed by atoms with van der Waals surface area (Å²) in [5, 5.41) is 1.07. The average molecular weight is 739 g/mol. The molecule has 8 nitrogen and oxygen atoms in total. The molecule has 1 aromatic heterocycles. The van der Waals surface area contributed by atoms with Crippen molar-refractivity contribution in [3.63, 3.8) is 0 Å². The lowest BCUT2D eigenvalue weighted by molar-refractivity contribution is 0.416. The maximum atomic E-state index is 13.8. The molecular formula is C36H30Cl2FN3O5S2. The number of halogens is 3. The molecule has 0 fully saturated rings. The van der Waals surface area contributed by atoms with E-state index in [0.717, 1.165) is 20.8 Å². The molecule has 0 amide bonds. The Kier molecular flexibility index (Phi) is 9.14. The number of rotatable bonds is 9. The normalized spacial score (nSPS) is 11.9. The van der Waals surface area contributed by atoms with Gasteiger partial charge in [-0.3, -0.25) is 9.03 Å². The van der Waals surface area contributed by atoms with Crippen LogP contribution in [0.5, 0.6) is 5.75 Å². The number of ether oxygens (including phenoxy) is 1. The van der Waals surface area contributed by atoms with Gasteiger partial charge in [-0.15, -0.1) is 0 Å². The quantitative estimate of drug-likeness (QED) is 0.160. The monoisotopic (exact) mass is 737 g/mol. The van der Waals surface area contributed by atoms with E-state index in [4.69, 9.17) is 27.9 Å². The molecule has 0 unspecified atom stereocenters. The number of sulfonamides is 2. The van der Waals surface area contributed by atoms with Crippen molar-refractivity contribution >= 4 is 65.5 Å². The van der Waals surface area contributed by atoms with Gasteiger partial charge < -0.3 is 9.30 Å². The topological polar surface area (TPSA) is 97.7 Å². The first-order valence-corrected chi connectivity index (χ1v) is 18.5. The number of methoxy groups -OCH3 is 1. The predicted octanol–water partition coefficient (Wildman–Crippen LogP) is 8.90. The number of hydrogen-bond donors (Lipinski definition) is 1. The van der Waals surface area contributed by atoms with Crippen LogP contribution in [0.4, 0.5) is 15.8 Å². The largest absolute Gasteiger partial charge is 0.496 e. The fraction of sp³-hybridized carbons (Fsp3) is 0.111. The molecule has 13 heteroatoms. The summed E-state index contributed by atoms with van der Waals surface area (Å²) in [6.45, 7) is 1.92. The van der Waals surface area contributed by atoms with Crippen molar-refractivity contribution in [3.8, 4) is 28.0 Å². The number of nitrogens with zero attached hydrogens (tertiary/aromatic N) is 2. The summed E-state index contributed by atoms with van der Waals surface area (Å²) in [5.41, 5.74) is 4.66. The van der Waals surface area contributed by atoms with Crippen molar-refractivity contribution in [2.45, 2.75) is 16.7 Å². The molecule has 0 spiro atoms. The smallest absolute Gasteiger partial charge is 0.265 e. The molecule has 0 aliphatic heterocycles. The van der Waals surface area contributed by atoms with E-state index < -0.39 is 25.9 Å². The molecule has 5 aromatic carbocycles. The summed E-state index contributed by atoms with van der Waals surface area (Å²) in [5.74, 6) is 0.0434. The van der Waals surface area contributed by atoms with Crippen LogP contribution in [0.15, 0.2) is 113 Å². The van der Waals surface area contributed by atoms with Gasteiger partial charge in [0.2, 0.25) is 0 Å². The molecule has 0 saturated carbocycles. The Balaban J connectivity index is 1.45. The van der Waals surface area contributed by atoms with E-state index in [1.165, 1.54) is 56.6 Å². The van der Waals surface area contributed by atoms with Crippen LogP contribution in [-0.2, 0) is 27.1 Å². The zero-order valence-corrected chi connectivity index (χ0v) is 29.8. The molecular weight excluding hydrogens is 708 g/mol. The highest BCUT2D eigenvalue weighted by Crippen LogP contribution is 2.42. The van der Waals surface area contributed by atoms with Crippen molar-refractivity contribution in [1.29, 1.82) is 0 Å². The minimum absolute atomic E-state index is 0.0126. The molecule has 0 aliphatic carbocycles. The number of hydrogen-bond acceptors (Lipinski definition) is 5. The van der Waals surface area contributed by atoms with E-state index in [1.807, 2.05) is 24.7 Å². The van der Waals surface area contributed by atoms with Gasteiger partial charge in [-0.05, 0) is 96.4 Å². The Hall–Kier alpha value is -4.55. The highest BCUT2D eigenvalue weighted by molar-refractivity contribution is 7.93. The minimum atomic E-state index is -4.12. The fourth-order valence-corrected chi connectivity index (χ4v) is 8.78. The van der Waals surface area contributed by atoms with Gasteiger partial charge in [0.05, 0.1) is 28.2 Å². The van der Waals surface area contributed by atoms with Crippen LogP contribution >= 0.6 is 23.2 Å². The predicted molar refractivity (Wildman–Crippen MR) is 194 cm³/mol. The maximum Gasteiger partial charge on any atom is 0.265 e. The average Bonchev–Trinajstić information content (AvgIpc) is 3.36. The summed E-state index contributed by atoms with van der Waals surface area (Å²) >= 11 is 12.3. The van der Waals surface area contributed by atoms with E-state index >= 15 is 0 Å². The van der Waals surface area contributed by atoms with Crippen LogP contribution in [0, 0.1) is 12.7 Å². The van der Waals surface area contributed by atoms with E-state index in [9.17, 15) is 21.2 Å². The lowest BCUT2D eigenvalue weighted by Crippen LogP contribution is -2.26. The second-order valence-electron chi connectivity index (χ2n) is 11.4. The van der Waals surface area contributed by atoms with Gasteiger partial charge in [-0.25, -0.2) is 21.2 Å². The van der Waals surface area contributed by atoms with Gasteiger partial charge in [0, 0.05) is 47.5 Å². The molecule has 0 aliphatic rings. The second-order valence-corrected chi connectivity index (χ2v) is 15.9. The Morgan fingerprint density at radius 1 is 0.837 bits per heavy atom. The molecule has 6 rings (SSSR count). The Bertz CT molecular complexity index is 2470. The maximum absolute atomic E-state index is 13.8. The van der Waals surface area contributed by atoms with Crippen LogP contribution in [0.1, 0.15) is 5.56 Å². The van der Waals surface area contributed by atoms with E-state index in [0.29, 0.717) is 38.7 Å². The fourth-order valence-electron chi connectivity index (χ4n) is 5.76. The molecule has 0 bridgehead atoms. The zero-order chi connectivity index (χ0) is 35.2. The van der Waals surface area contributed by atoms with Gasteiger partial charge >= 0.3 is 0 Å². The molecule has 1 heterocycles. The highest BCUT2D eigenvalue weighted by Gasteiger charge is 2.27. The van der Waals surface area contributed by atoms with Crippen LogP contribution in [0.2, 0.25) is 10.0 Å². The standard InChI is InChI=1S/C36H30Cl2FN3O5S2/c1-22-21-41(2)36-30(22)19-28(42(3)49(45,46)35-15-10-25(37)17-33(35)38)20-32(36)31-18-27(13-14-34(31)47-4)40-48(43,44)29-7-5-6-24(16-29)23-8-11-26(39)12-9-23/h5-21,40H,1-4H3. The van der Waals surface area contributed by atoms with Crippen LogP contribution in [0.3, 0.4) is 0 Å². The third kappa shape index (κ3) is 6.59. The van der Waals surface area contributed by atoms with Crippen molar-refractivity contribution < 1.29 is 26.0 Å². The first-order chi connectivity index (χ1) is 23.2. The lowest BCUT2D eigenvalue weighted by atomic mass is 9.99. The highest BCUT2D eigenvalue weighted by atomic mass is 35.5. The number of aromatic nitrogens is 1. The van der Waals surface area contributed by atoms with Gasteiger partial charge in [0.25, 0.3) is 20.0 Å². The molecule has 0 atom stereocenters. The third-order valence-electron chi connectivity index (χ3n) is 8.22. The Morgan fingerprint density at radius 2 is 1.57 bits per heavy atom. The summed E-state index contributed by atoms with van der Waals surface area (Å²) in [6, 6.07) is 24.7. The van der Waals surface area contributed by atoms with Gasteiger partial charge in [0.15, 0.2) is 0 Å². The number of anilines is 2. The summed E-state index contributed by atoms with van der Waals surface area (Å²) in [4.78, 5) is -0.0909. The van der Waals surface area contributed by atoms with Crippen LogP contribution in [-0.4, -0.2) is 35.6 Å². The van der Waals surface area contributed by atoms with Crippen molar-refractivity contribution in [2.24, 2.45) is 7.05 Å². The van der Waals surface area contributed by atoms with Gasteiger partial charge in [-0.1, -0.05) is 47.5 Å². The van der Waals surface area contributed by atoms with Crippen LogP contribution in [0.25, 0.3) is 33.2 Å². The minimum Gasteiger partial charge on any atom is -0.496 e. The molecule has 6 aromatic rings. The van der Waals surface area contributed by atoms with Crippen molar-refractivity contribution in [3.05, 3.63) is 125 Å². The lowest BCUT2D eigenvalue weighted by Gasteiger charge is -2.22. The molecule has 49 heavy (non-hydrogen) atoms.